The highest BCUT2D eigenvalue weighted by molar-refractivity contribution is 5.85. The van der Waals surface area contributed by atoms with Gasteiger partial charge in [-0.3, -0.25) is 4.79 Å². The van der Waals surface area contributed by atoms with Crippen LogP contribution >= 0.6 is 12.4 Å². The molecule has 124 valence electrons. The maximum atomic E-state index is 13.1. The van der Waals surface area contributed by atoms with Gasteiger partial charge in [-0.1, -0.05) is 19.1 Å². The minimum Gasteiger partial charge on any atom is -0.353 e. The molecule has 1 fully saturated rings. The van der Waals surface area contributed by atoms with E-state index in [2.05, 4.69) is 17.6 Å². The van der Waals surface area contributed by atoms with Crippen molar-refractivity contribution in [2.45, 2.75) is 51.6 Å². The molecule has 2 rings (SSSR count). The van der Waals surface area contributed by atoms with Crippen LogP contribution in [-0.4, -0.2) is 24.5 Å². The van der Waals surface area contributed by atoms with Crippen molar-refractivity contribution in [3.8, 4) is 0 Å². The lowest BCUT2D eigenvalue weighted by Gasteiger charge is -2.29. The molecule has 22 heavy (non-hydrogen) atoms. The number of amides is 1. The third-order valence-electron chi connectivity index (χ3n) is 4.00. The summed E-state index contributed by atoms with van der Waals surface area (Å²) in [6.07, 6.45) is 3.21. The van der Waals surface area contributed by atoms with Crippen molar-refractivity contribution < 1.29 is 9.18 Å². The van der Waals surface area contributed by atoms with Gasteiger partial charge >= 0.3 is 0 Å². The Hall–Kier alpha value is -1.13. The van der Waals surface area contributed by atoms with E-state index in [1.807, 2.05) is 13.0 Å². The molecule has 5 heteroatoms. The van der Waals surface area contributed by atoms with Crippen LogP contribution in [0.5, 0.6) is 0 Å². The van der Waals surface area contributed by atoms with Gasteiger partial charge < -0.3 is 10.6 Å². The maximum Gasteiger partial charge on any atom is 0.220 e. The SMILES string of the molecule is CC(CC(=O)NC1CCNC(C)C1)Cc1cccc(F)c1.Cl. The van der Waals surface area contributed by atoms with Crippen molar-refractivity contribution in [1.82, 2.24) is 10.6 Å². The molecule has 1 aromatic rings. The highest BCUT2D eigenvalue weighted by atomic mass is 35.5. The summed E-state index contributed by atoms with van der Waals surface area (Å²) in [5.74, 6) is 0.108. The van der Waals surface area contributed by atoms with Crippen LogP contribution < -0.4 is 10.6 Å². The number of hydrogen-bond acceptors (Lipinski definition) is 2. The number of rotatable bonds is 5. The molecule has 0 aliphatic carbocycles. The van der Waals surface area contributed by atoms with Crippen LogP contribution in [0, 0.1) is 11.7 Å². The summed E-state index contributed by atoms with van der Waals surface area (Å²) < 4.78 is 13.1. The van der Waals surface area contributed by atoms with Crippen molar-refractivity contribution in [2.75, 3.05) is 6.54 Å². The van der Waals surface area contributed by atoms with E-state index < -0.39 is 0 Å². The van der Waals surface area contributed by atoms with Crippen molar-refractivity contribution in [1.29, 1.82) is 0 Å². The van der Waals surface area contributed by atoms with E-state index in [0.29, 0.717) is 12.5 Å². The van der Waals surface area contributed by atoms with E-state index in [0.717, 1.165) is 31.4 Å². The molecule has 1 saturated heterocycles. The van der Waals surface area contributed by atoms with Crippen LogP contribution in [-0.2, 0) is 11.2 Å². The first-order chi connectivity index (χ1) is 10.0. The molecule has 1 amide bonds. The maximum absolute atomic E-state index is 13.1. The lowest BCUT2D eigenvalue weighted by Crippen LogP contribution is -2.46. The number of piperidine rings is 1. The van der Waals surface area contributed by atoms with Gasteiger partial charge in [-0.15, -0.1) is 12.4 Å². The summed E-state index contributed by atoms with van der Waals surface area (Å²) in [5.41, 5.74) is 0.950. The average molecular weight is 329 g/mol. The standard InChI is InChI=1S/C17H25FN2O.ClH/c1-12(8-14-4-3-5-15(18)11-14)9-17(21)20-16-6-7-19-13(2)10-16;/h3-5,11-13,16,19H,6-10H2,1-2H3,(H,20,21);1H. The monoisotopic (exact) mass is 328 g/mol. The topological polar surface area (TPSA) is 41.1 Å². The van der Waals surface area contributed by atoms with Crippen LogP contribution in [0.15, 0.2) is 24.3 Å². The number of nitrogens with one attached hydrogen (secondary N) is 2. The number of benzene rings is 1. The molecular weight excluding hydrogens is 303 g/mol. The number of carbonyl (C=O) groups is 1. The molecule has 1 heterocycles. The first-order valence-electron chi connectivity index (χ1n) is 7.80. The van der Waals surface area contributed by atoms with Crippen LogP contribution in [0.3, 0.4) is 0 Å². The Kier molecular flexibility index (Phi) is 7.83. The molecule has 0 saturated carbocycles. The largest absolute Gasteiger partial charge is 0.353 e. The lowest BCUT2D eigenvalue weighted by atomic mass is 9.96. The van der Waals surface area contributed by atoms with Crippen molar-refractivity contribution in [2.24, 2.45) is 5.92 Å². The van der Waals surface area contributed by atoms with Gasteiger partial charge in [0.25, 0.3) is 0 Å². The number of halogens is 2. The van der Waals surface area contributed by atoms with Gasteiger partial charge in [-0.2, -0.15) is 0 Å². The molecule has 0 aromatic heterocycles. The van der Waals surface area contributed by atoms with E-state index in [4.69, 9.17) is 0 Å². The molecule has 3 unspecified atom stereocenters. The van der Waals surface area contributed by atoms with E-state index in [-0.39, 0.29) is 36.1 Å². The van der Waals surface area contributed by atoms with E-state index in [1.165, 1.54) is 6.07 Å². The second-order valence-corrected chi connectivity index (χ2v) is 6.29. The molecule has 3 atom stereocenters. The quantitative estimate of drug-likeness (QED) is 0.872. The van der Waals surface area contributed by atoms with Crippen LogP contribution in [0.2, 0.25) is 0 Å². The first kappa shape index (κ1) is 18.9. The van der Waals surface area contributed by atoms with Gasteiger partial charge in [0.2, 0.25) is 5.91 Å². The van der Waals surface area contributed by atoms with Crippen LogP contribution in [0.25, 0.3) is 0 Å². The third-order valence-corrected chi connectivity index (χ3v) is 4.00. The number of carbonyl (C=O) groups excluding carboxylic acids is 1. The van der Waals surface area contributed by atoms with Gasteiger partial charge in [-0.05, 0) is 56.3 Å². The molecule has 0 radical (unpaired) electrons. The minimum absolute atomic E-state index is 0. The predicted molar refractivity (Wildman–Crippen MR) is 89.8 cm³/mol. The Bertz CT molecular complexity index is 483. The summed E-state index contributed by atoms with van der Waals surface area (Å²) in [6, 6.07) is 7.37. The molecular formula is C17H26ClFN2O. The summed E-state index contributed by atoms with van der Waals surface area (Å²) >= 11 is 0. The van der Waals surface area contributed by atoms with E-state index >= 15 is 0 Å². The summed E-state index contributed by atoms with van der Waals surface area (Å²) in [5, 5.41) is 6.50. The van der Waals surface area contributed by atoms with Crippen LogP contribution in [0.4, 0.5) is 4.39 Å². The zero-order chi connectivity index (χ0) is 15.2. The normalized spacial score (nSPS) is 22.5. The third kappa shape index (κ3) is 6.32. The summed E-state index contributed by atoms with van der Waals surface area (Å²) in [4.78, 5) is 12.1. The molecule has 3 nitrogen and oxygen atoms in total. The fourth-order valence-corrected chi connectivity index (χ4v) is 3.00. The fraction of sp³-hybridized carbons (Fsp3) is 0.588. The Morgan fingerprint density at radius 3 is 2.95 bits per heavy atom. The van der Waals surface area contributed by atoms with Crippen LogP contribution in [0.1, 0.15) is 38.7 Å². The zero-order valence-electron chi connectivity index (χ0n) is 13.3. The average Bonchev–Trinajstić information content (AvgIpc) is 2.38. The summed E-state index contributed by atoms with van der Waals surface area (Å²) in [7, 11) is 0. The molecule has 2 N–H and O–H groups in total. The van der Waals surface area contributed by atoms with Crippen molar-refractivity contribution in [3.63, 3.8) is 0 Å². The number of hydrogen-bond donors (Lipinski definition) is 2. The van der Waals surface area contributed by atoms with E-state index in [9.17, 15) is 9.18 Å². The van der Waals surface area contributed by atoms with Crippen molar-refractivity contribution in [3.05, 3.63) is 35.6 Å². The van der Waals surface area contributed by atoms with Gasteiger partial charge in [-0.25, -0.2) is 4.39 Å². The van der Waals surface area contributed by atoms with Gasteiger partial charge in [0.1, 0.15) is 5.82 Å². The smallest absolute Gasteiger partial charge is 0.220 e. The van der Waals surface area contributed by atoms with E-state index in [1.54, 1.807) is 12.1 Å². The first-order valence-corrected chi connectivity index (χ1v) is 7.80. The van der Waals surface area contributed by atoms with Gasteiger partial charge in [0, 0.05) is 18.5 Å². The molecule has 0 spiro atoms. The molecule has 1 aliphatic heterocycles. The predicted octanol–water partition coefficient (Wildman–Crippen LogP) is 3.07. The Balaban J connectivity index is 0.00000242. The molecule has 1 aliphatic rings. The minimum atomic E-state index is -0.215. The fourth-order valence-electron chi connectivity index (χ4n) is 3.00. The Morgan fingerprint density at radius 1 is 1.50 bits per heavy atom. The zero-order valence-corrected chi connectivity index (χ0v) is 14.1. The second kappa shape index (κ2) is 9.11. The second-order valence-electron chi connectivity index (χ2n) is 6.29. The molecule has 0 bridgehead atoms. The highest BCUT2D eigenvalue weighted by Crippen LogP contribution is 2.14. The Labute approximate surface area is 138 Å². The van der Waals surface area contributed by atoms with Gasteiger partial charge in [0.15, 0.2) is 0 Å². The van der Waals surface area contributed by atoms with Gasteiger partial charge in [0.05, 0.1) is 0 Å². The Morgan fingerprint density at radius 2 is 2.27 bits per heavy atom. The lowest BCUT2D eigenvalue weighted by molar-refractivity contribution is -0.122. The summed E-state index contributed by atoms with van der Waals surface area (Å²) in [6.45, 7) is 5.14. The highest BCUT2D eigenvalue weighted by Gasteiger charge is 2.20. The van der Waals surface area contributed by atoms with Crippen molar-refractivity contribution >= 4 is 18.3 Å². The molecule has 1 aromatic carbocycles.